The van der Waals surface area contributed by atoms with Crippen LogP contribution in [0.1, 0.15) is 12.8 Å². The van der Waals surface area contributed by atoms with Crippen molar-refractivity contribution in [3.63, 3.8) is 0 Å². The third-order valence-electron chi connectivity index (χ3n) is 3.21. The van der Waals surface area contributed by atoms with E-state index in [0.717, 1.165) is 12.8 Å². The third kappa shape index (κ3) is 3.02. The van der Waals surface area contributed by atoms with Gasteiger partial charge in [0, 0.05) is 43.7 Å². The Hall–Kier alpha value is -1.40. The molecule has 106 valence electrons. The van der Waals surface area contributed by atoms with E-state index in [1.165, 1.54) is 23.6 Å². The molecule has 0 amide bonds. The largest absolute Gasteiger partial charge is 0.467 e. The molecular weight excluding hydrogens is 301 g/mol. The summed E-state index contributed by atoms with van der Waals surface area (Å²) in [6.45, 7) is 1.42. The van der Waals surface area contributed by atoms with Crippen LogP contribution in [0, 0.1) is 5.82 Å². The van der Waals surface area contributed by atoms with Crippen molar-refractivity contribution in [3.05, 3.63) is 34.7 Å². The Morgan fingerprint density at radius 2 is 2.15 bits per heavy atom. The molecule has 1 fully saturated rings. The van der Waals surface area contributed by atoms with Crippen LogP contribution in [-0.2, 0) is 0 Å². The number of hydrogen-bond acceptors (Lipinski definition) is 5. The molecule has 20 heavy (non-hydrogen) atoms. The standard InChI is InChI=1S/C13H13ClFN3OS/c14-9-7-11(15)12(17-8-9)18-4-1-10(2-5-18)19-13-16-3-6-20-13/h3,6-8,10H,1-2,4-5H2. The van der Waals surface area contributed by atoms with Crippen molar-refractivity contribution in [1.29, 1.82) is 0 Å². The lowest BCUT2D eigenvalue weighted by molar-refractivity contribution is 0.170. The minimum atomic E-state index is -0.378. The van der Waals surface area contributed by atoms with Gasteiger partial charge in [-0.15, -0.1) is 0 Å². The second-order valence-electron chi connectivity index (χ2n) is 4.56. The van der Waals surface area contributed by atoms with Gasteiger partial charge in [0.1, 0.15) is 6.10 Å². The van der Waals surface area contributed by atoms with Crippen molar-refractivity contribution in [2.75, 3.05) is 18.0 Å². The number of halogens is 2. The van der Waals surface area contributed by atoms with Gasteiger partial charge in [0.25, 0.3) is 5.19 Å². The number of thiazole rings is 1. The Bertz CT molecular complexity index is 573. The van der Waals surface area contributed by atoms with Crippen LogP contribution >= 0.6 is 22.9 Å². The summed E-state index contributed by atoms with van der Waals surface area (Å²) >= 11 is 7.20. The summed E-state index contributed by atoms with van der Waals surface area (Å²) in [6.07, 6.45) is 4.97. The minimum absolute atomic E-state index is 0.132. The predicted octanol–water partition coefficient (Wildman–Crippen LogP) is 3.38. The summed E-state index contributed by atoms with van der Waals surface area (Å²) in [5.41, 5.74) is 0. The highest BCUT2D eigenvalue weighted by atomic mass is 35.5. The summed E-state index contributed by atoms with van der Waals surface area (Å²) in [7, 11) is 0. The molecule has 0 spiro atoms. The molecule has 0 aromatic carbocycles. The number of anilines is 1. The summed E-state index contributed by atoms with van der Waals surface area (Å²) in [4.78, 5) is 10.1. The van der Waals surface area contributed by atoms with E-state index in [0.29, 0.717) is 29.1 Å². The lowest BCUT2D eigenvalue weighted by atomic mass is 10.1. The molecule has 0 bridgehead atoms. The zero-order valence-electron chi connectivity index (χ0n) is 10.6. The third-order valence-corrected chi connectivity index (χ3v) is 4.07. The number of ether oxygens (including phenoxy) is 1. The topological polar surface area (TPSA) is 38.2 Å². The molecular formula is C13H13ClFN3OS. The normalized spacial score (nSPS) is 16.4. The van der Waals surface area contributed by atoms with E-state index in [-0.39, 0.29) is 11.9 Å². The maximum atomic E-state index is 13.8. The molecule has 1 aliphatic rings. The first-order valence-electron chi connectivity index (χ1n) is 6.34. The lowest BCUT2D eigenvalue weighted by Crippen LogP contribution is -2.39. The highest BCUT2D eigenvalue weighted by Gasteiger charge is 2.23. The summed E-state index contributed by atoms with van der Waals surface area (Å²) in [5.74, 6) is -0.0149. The zero-order valence-corrected chi connectivity index (χ0v) is 12.2. The van der Waals surface area contributed by atoms with Crippen LogP contribution in [0.3, 0.4) is 0 Å². The number of piperidine rings is 1. The van der Waals surface area contributed by atoms with Crippen LogP contribution in [-0.4, -0.2) is 29.2 Å². The van der Waals surface area contributed by atoms with Crippen molar-refractivity contribution < 1.29 is 9.13 Å². The molecule has 7 heteroatoms. The zero-order chi connectivity index (χ0) is 13.9. The summed E-state index contributed by atoms with van der Waals surface area (Å²) in [6, 6.07) is 1.29. The average Bonchev–Trinajstić information content (AvgIpc) is 2.93. The van der Waals surface area contributed by atoms with Crippen LogP contribution < -0.4 is 9.64 Å². The molecule has 2 aromatic rings. The molecule has 0 N–H and O–H groups in total. The quantitative estimate of drug-likeness (QED) is 0.870. The van der Waals surface area contributed by atoms with E-state index in [4.69, 9.17) is 16.3 Å². The van der Waals surface area contributed by atoms with Gasteiger partial charge in [-0.05, 0) is 6.07 Å². The molecule has 0 unspecified atom stereocenters. The molecule has 0 radical (unpaired) electrons. The van der Waals surface area contributed by atoms with Gasteiger partial charge in [0.05, 0.1) is 5.02 Å². The van der Waals surface area contributed by atoms with Gasteiger partial charge in [0.15, 0.2) is 11.6 Å². The Morgan fingerprint density at radius 3 is 2.80 bits per heavy atom. The fourth-order valence-electron chi connectivity index (χ4n) is 2.24. The van der Waals surface area contributed by atoms with E-state index < -0.39 is 0 Å². The van der Waals surface area contributed by atoms with Crippen molar-refractivity contribution >= 4 is 28.8 Å². The molecule has 0 saturated carbocycles. The minimum Gasteiger partial charge on any atom is -0.467 e. The molecule has 0 atom stereocenters. The van der Waals surface area contributed by atoms with Gasteiger partial charge in [-0.25, -0.2) is 14.4 Å². The molecule has 2 aromatic heterocycles. The van der Waals surface area contributed by atoms with Gasteiger partial charge in [0.2, 0.25) is 0 Å². The second kappa shape index (κ2) is 5.93. The van der Waals surface area contributed by atoms with E-state index in [1.807, 2.05) is 10.3 Å². The maximum absolute atomic E-state index is 13.8. The van der Waals surface area contributed by atoms with Crippen molar-refractivity contribution in [2.24, 2.45) is 0 Å². The fraction of sp³-hybridized carbons (Fsp3) is 0.385. The Labute approximate surface area is 125 Å². The van der Waals surface area contributed by atoms with Gasteiger partial charge < -0.3 is 9.64 Å². The first-order chi connectivity index (χ1) is 9.72. The average molecular weight is 314 g/mol. The Kier molecular flexibility index (Phi) is 4.03. The van der Waals surface area contributed by atoms with E-state index in [9.17, 15) is 4.39 Å². The van der Waals surface area contributed by atoms with Crippen LogP contribution in [0.5, 0.6) is 5.19 Å². The second-order valence-corrected chi connectivity index (χ2v) is 5.85. The fourth-order valence-corrected chi connectivity index (χ4v) is 2.93. The predicted molar refractivity (Wildman–Crippen MR) is 77.2 cm³/mol. The van der Waals surface area contributed by atoms with Gasteiger partial charge in [-0.2, -0.15) is 0 Å². The van der Waals surface area contributed by atoms with E-state index in [1.54, 1.807) is 6.20 Å². The molecule has 3 heterocycles. The van der Waals surface area contributed by atoms with E-state index >= 15 is 0 Å². The molecule has 1 aliphatic heterocycles. The smallest absolute Gasteiger partial charge is 0.273 e. The number of pyridine rings is 1. The van der Waals surface area contributed by atoms with Crippen molar-refractivity contribution in [1.82, 2.24) is 9.97 Å². The maximum Gasteiger partial charge on any atom is 0.273 e. The van der Waals surface area contributed by atoms with Gasteiger partial charge in [-0.1, -0.05) is 22.9 Å². The van der Waals surface area contributed by atoms with Gasteiger partial charge in [-0.3, -0.25) is 0 Å². The van der Waals surface area contributed by atoms with Crippen LogP contribution in [0.2, 0.25) is 5.02 Å². The van der Waals surface area contributed by atoms with Crippen molar-refractivity contribution in [2.45, 2.75) is 18.9 Å². The molecule has 1 saturated heterocycles. The highest BCUT2D eigenvalue weighted by Crippen LogP contribution is 2.25. The highest BCUT2D eigenvalue weighted by molar-refractivity contribution is 7.11. The number of hydrogen-bond donors (Lipinski definition) is 0. The summed E-state index contributed by atoms with van der Waals surface area (Å²) < 4.78 is 19.6. The Balaban J connectivity index is 1.60. The SMILES string of the molecule is Fc1cc(Cl)cnc1N1CCC(Oc2nccs2)CC1. The van der Waals surface area contributed by atoms with Crippen LogP contribution in [0.15, 0.2) is 23.8 Å². The monoisotopic (exact) mass is 313 g/mol. The first kappa shape index (κ1) is 13.6. The first-order valence-corrected chi connectivity index (χ1v) is 7.60. The van der Waals surface area contributed by atoms with Crippen molar-refractivity contribution in [3.8, 4) is 5.19 Å². The van der Waals surface area contributed by atoms with E-state index in [2.05, 4.69) is 9.97 Å². The van der Waals surface area contributed by atoms with Crippen LogP contribution in [0.25, 0.3) is 0 Å². The number of aromatic nitrogens is 2. The molecule has 4 nitrogen and oxygen atoms in total. The number of nitrogens with zero attached hydrogens (tertiary/aromatic N) is 3. The van der Waals surface area contributed by atoms with Gasteiger partial charge >= 0.3 is 0 Å². The number of rotatable bonds is 3. The van der Waals surface area contributed by atoms with Crippen LogP contribution in [0.4, 0.5) is 10.2 Å². The molecule has 3 rings (SSSR count). The molecule has 0 aliphatic carbocycles. The lowest BCUT2D eigenvalue weighted by Gasteiger charge is -2.32. The Morgan fingerprint density at radius 1 is 1.35 bits per heavy atom. The summed E-state index contributed by atoms with van der Waals surface area (Å²) in [5, 5.41) is 2.89.